The van der Waals surface area contributed by atoms with Gasteiger partial charge in [-0.1, -0.05) is 20.3 Å². The van der Waals surface area contributed by atoms with E-state index in [9.17, 15) is 0 Å². The second-order valence-corrected chi connectivity index (χ2v) is 5.51. The fourth-order valence-electron chi connectivity index (χ4n) is 2.61. The summed E-state index contributed by atoms with van der Waals surface area (Å²) in [5.74, 6) is 1.70. The van der Waals surface area contributed by atoms with E-state index in [1.54, 1.807) is 11.3 Å². The van der Waals surface area contributed by atoms with Crippen LogP contribution >= 0.6 is 11.3 Å². The highest BCUT2D eigenvalue weighted by atomic mass is 32.1. The topological polar surface area (TPSA) is 24.9 Å². The molecule has 0 aliphatic heterocycles. The van der Waals surface area contributed by atoms with Gasteiger partial charge in [-0.2, -0.15) is 0 Å². The maximum atomic E-state index is 4.47. The van der Waals surface area contributed by atoms with E-state index in [4.69, 9.17) is 0 Å². The van der Waals surface area contributed by atoms with E-state index >= 15 is 0 Å². The highest BCUT2D eigenvalue weighted by Gasteiger charge is 2.31. The van der Waals surface area contributed by atoms with Gasteiger partial charge < -0.3 is 5.32 Å². The number of aryl methyl sites for hydroxylation is 1. The first-order chi connectivity index (χ1) is 7.20. The molecule has 3 heteroatoms. The molecule has 1 aromatic rings. The highest BCUT2D eigenvalue weighted by molar-refractivity contribution is 7.13. The second kappa shape index (κ2) is 4.52. The molecule has 1 aromatic heterocycles. The van der Waals surface area contributed by atoms with Gasteiger partial charge in [0.05, 0.1) is 5.69 Å². The third-order valence-corrected chi connectivity index (χ3v) is 4.57. The van der Waals surface area contributed by atoms with E-state index in [2.05, 4.69) is 36.5 Å². The summed E-state index contributed by atoms with van der Waals surface area (Å²) < 4.78 is 0. The van der Waals surface area contributed by atoms with Crippen LogP contribution in [0.2, 0.25) is 0 Å². The lowest BCUT2D eigenvalue weighted by Crippen LogP contribution is -2.24. The third kappa shape index (κ3) is 2.33. The van der Waals surface area contributed by atoms with Gasteiger partial charge in [0.2, 0.25) is 0 Å². The molecule has 0 aromatic carbocycles. The van der Waals surface area contributed by atoms with Crippen molar-refractivity contribution in [2.75, 3.05) is 5.32 Å². The Morgan fingerprint density at radius 3 is 2.87 bits per heavy atom. The van der Waals surface area contributed by atoms with Crippen LogP contribution in [0.1, 0.15) is 38.8 Å². The van der Waals surface area contributed by atoms with Crippen LogP contribution in [-0.4, -0.2) is 11.0 Å². The molecule has 1 aliphatic carbocycles. The van der Waals surface area contributed by atoms with Gasteiger partial charge >= 0.3 is 0 Å². The van der Waals surface area contributed by atoms with Gasteiger partial charge in [0.25, 0.3) is 0 Å². The van der Waals surface area contributed by atoms with Crippen LogP contribution in [0, 0.1) is 18.8 Å². The minimum Gasteiger partial charge on any atom is -0.359 e. The van der Waals surface area contributed by atoms with Crippen molar-refractivity contribution < 1.29 is 0 Å². The molecule has 0 spiro atoms. The number of rotatable bonds is 3. The fraction of sp³-hybridized carbons (Fsp3) is 0.750. The molecule has 3 atom stereocenters. The van der Waals surface area contributed by atoms with Crippen LogP contribution in [0.5, 0.6) is 0 Å². The molecule has 15 heavy (non-hydrogen) atoms. The Bertz CT molecular complexity index is 321. The molecule has 0 amide bonds. The molecule has 2 rings (SSSR count). The van der Waals surface area contributed by atoms with Crippen LogP contribution in [0.4, 0.5) is 5.13 Å². The summed E-state index contributed by atoms with van der Waals surface area (Å²) in [5.41, 5.74) is 1.13. The fourth-order valence-corrected chi connectivity index (χ4v) is 3.36. The SMILES string of the molecule is CCC1CCC(Nc2nc(C)cs2)C1C. The zero-order chi connectivity index (χ0) is 10.8. The minimum absolute atomic E-state index is 0.639. The molecule has 1 fully saturated rings. The minimum atomic E-state index is 0.639. The number of aromatic nitrogens is 1. The number of nitrogens with one attached hydrogen (secondary N) is 1. The average molecular weight is 224 g/mol. The molecule has 3 unspecified atom stereocenters. The smallest absolute Gasteiger partial charge is 0.183 e. The van der Waals surface area contributed by atoms with Gasteiger partial charge in [-0.3, -0.25) is 0 Å². The third-order valence-electron chi connectivity index (χ3n) is 3.68. The first kappa shape index (κ1) is 10.9. The second-order valence-electron chi connectivity index (χ2n) is 4.65. The zero-order valence-corrected chi connectivity index (χ0v) is 10.6. The van der Waals surface area contributed by atoms with Crippen molar-refractivity contribution in [3.05, 3.63) is 11.1 Å². The first-order valence-corrected chi connectivity index (χ1v) is 6.77. The Labute approximate surface area is 96.1 Å². The number of hydrogen-bond donors (Lipinski definition) is 1. The lowest BCUT2D eigenvalue weighted by Gasteiger charge is -2.20. The maximum Gasteiger partial charge on any atom is 0.183 e. The van der Waals surface area contributed by atoms with Crippen molar-refractivity contribution in [3.63, 3.8) is 0 Å². The Hall–Kier alpha value is -0.570. The van der Waals surface area contributed by atoms with Crippen molar-refractivity contribution in [1.82, 2.24) is 4.98 Å². The van der Waals surface area contributed by atoms with Gasteiger partial charge in [-0.25, -0.2) is 4.98 Å². The Morgan fingerprint density at radius 1 is 1.53 bits per heavy atom. The summed E-state index contributed by atoms with van der Waals surface area (Å²) in [4.78, 5) is 4.47. The predicted octanol–water partition coefficient (Wildman–Crippen LogP) is 3.69. The van der Waals surface area contributed by atoms with Gasteiger partial charge in [0, 0.05) is 11.4 Å². The standard InChI is InChI=1S/C12H20N2S/c1-4-10-5-6-11(9(10)3)14-12-13-8(2)7-15-12/h7,9-11H,4-6H2,1-3H3,(H,13,14). The Kier molecular flexibility index (Phi) is 3.29. The molecular weight excluding hydrogens is 204 g/mol. The number of thiazole rings is 1. The summed E-state index contributed by atoms with van der Waals surface area (Å²) >= 11 is 1.73. The van der Waals surface area contributed by atoms with E-state index in [1.165, 1.54) is 19.3 Å². The molecule has 84 valence electrons. The monoisotopic (exact) mass is 224 g/mol. The molecular formula is C12H20N2S. The molecule has 1 N–H and O–H groups in total. The lowest BCUT2D eigenvalue weighted by molar-refractivity contribution is 0.392. The Balaban J connectivity index is 1.96. The van der Waals surface area contributed by atoms with Crippen LogP contribution in [-0.2, 0) is 0 Å². The Morgan fingerprint density at radius 2 is 2.33 bits per heavy atom. The van der Waals surface area contributed by atoms with E-state index in [0.29, 0.717) is 6.04 Å². The lowest BCUT2D eigenvalue weighted by atomic mass is 9.94. The van der Waals surface area contributed by atoms with E-state index < -0.39 is 0 Å². The summed E-state index contributed by atoms with van der Waals surface area (Å²) in [7, 11) is 0. The molecule has 1 saturated carbocycles. The van der Waals surface area contributed by atoms with Crippen molar-refractivity contribution >= 4 is 16.5 Å². The number of anilines is 1. The van der Waals surface area contributed by atoms with Gasteiger partial charge in [-0.15, -0.1) is 11.3 Å². The quantitative estimate of drug-likeness (QED) is 0.847. The van der Waals surface area contributed by atoms with Gasteiger partial charge in [0.15, 0.2) is 5.13 Å². The molecule has 0 radical (unpaired) electrons. The highest BCUT2D eigenvalue weighted by Crippen LogP contribution is 2.35. The van der Waals surface area contributed by atoms with Crippen molar-refractivity contribution in [3.8, 4) is 0 Å². The van der Waals surface area contributed by atoms with Gasteiger partial charge in [0.1, 0.15) is 0 Å². The molecule has 0 bridgehead atoms. The normalized spacial score (nSPS) is 30.7. The first-order valence-electron chi connectivity index (χ1n) is 5.89. The number of hydrogen-bond acceptors (Lipinski definition) is 3. The van der Waals surface area contributed by atoms with Crippen molar-refractivity contribution in [1.29, 1.82) is 0 Å². The largest absolute Gasteiger partial charge is 0.359 e. The molecule has 0 saturated heterocycles. The average Bonchev–Trinajstić information content (AvgIpc) is 2.76. The summed E-state index contributed by atoms with van der Waals surface area (Å²) in [6.07, 6.45) is 3.99. The summed E-state index contributed by atoms with van der Waals surface area (Å²) in [6, 6.07) is 0.639. The van der Waals surface area contributed by atoms with Crippen LogP contribution in [0.25, 0.3) is 0 Å². The van der Waals surface area contributed by atoms with Gasteiger partial charge in [-0.05, 0) is 31.6 Å². The van der Waals surface area contributed by atoms with Crippen LogP contribution in [0.15, 0.2) is 5.38 Å². The molecule has 1 heterocycles. The van der Waals surface area contributed by atoms with Crippen molar-refractivity contribution in [2.24, 2.45) is 11.8 Å². The maximum absolute atomic E-state index is 4.47. The van der Waals surface area contributed by atoms with Crippen LogP contribution in [0.3, 0.4) is 0 Å². The van der Waals surface area contributed by atoms with E-state index in [-0.39, 0.29) is 0 Å². The zero-order valence-electron chi connectivity index (χ0n) is 9.79. The summed E-state index contributed by atoms with van der Waals surface area (Å²) in [5, 5.41) is 6.79. The van der Waals surface area contributed by atoms with E-state index in [0.717, 1.165) is 22.7 Å². The van der Waals surface area contributed by atoms with Crippen LogP contribution < -0.4 is 5.32 Å². The number of nitrogens with zero attached hydrogens (tertiary/aromatic N) is 1. The van der Waals surface area contributed by atoms with E-state index in [1.807, 2.05) is 0 Å². The molecule has 1 aliphatic rings. The summed E-state index contributed by atoms with van der Waals surface area (Å²) in [6.45, 7) is 6.73. The predicted molar refractivity (Wildman–Crippen MR) is 66.4 cm³/mol. The molecule has 2 nitrogen and oxygen atoms in total. The van der Waals surface area contributed by atoms with Crippen molar-refractivity contribution in [2.45, 2.75) is 46.1 Å².